The van der Waals surface area contributed by atoms with E-state index in [1.807, 2.05) is 48.5 Å². The zero-order chi connectivity index (χ0) is 40.5. The van der Waals surface area contributed by atoms with Gasteiger partial charge in [-0.25, -0.2) is 0 Å². The van der Waals surface area contributed by atoms with Crippen molar-refractivity contribution in [1.82, 2.24) is 0 Å². The van der Waals surface area contributed by atoms with Crippen molar-refractivity contribution in [2.24, 2.45) is 5.73 Å². The molecule has 10 rings (SSSR count). The molecule has 4 heteroatoms. The Morgan fingerprint density at radius 1 is 0.610 bits per heavy atom. The molecule has 288 valence electrons. The van der Waals surface area contributed by atoms with Crippen molar-refractivity contribution in [2.45, 2.75) is 39.0 Å². The van der Waals surface area contributed by atoms with E-state index in [2.05, 4.69) is 154 Å². The first kappa shape index (κ1) is 37.4. The minimum atomic E-state index is -0.0787. The van der Waals surface area contributed by atoms with Crippen LogP contribution in [0.15, 0.2) is 188 Å². The van der Waals surface area contributed by atoms with Crippen LogP contribution in [0.3, 0.4) is 0 Å². The standard InChI is InChI=1S/C35H28O2.C20H18N2/c1-35(2)28-17-8-7-15-27(28)32-29(35)19-20-31-34(32)37-30-18-10-16-26(33(30)36-31)25-14-9-13-24(22-25)21-23-11-5-3-4-6-12-23;1-14-11-12-16(20(21)22)13-19(14)18-10-6-5-9-17(18)15-7-3-2-4-8-15/h3,5-20,22H,4,21H2,1-2H3;2-13H,1H3,(H3,21,22). The Hall–Kier alpha value is -7.17. The van der Waals surface area contributed by atoms with Gasteiger partial charge in [0.15, 0.2) is 23.0 Å². The van der Waals surface area contributed by atoms with E-state index in [9.17, 15) is 0 Å². The molecule has 3 aliphatic rings. The highest BCUT2D eigenvalue weighted by Gasteiger charge is 2.39. The highest BCUT2D eigenvalue weighted by Crippen LogP contribution is 2.59. The first-order valence-electron chi connectivity index (χ1n) is 20.2. The van der Waals surface area contributed by atoms with Crippen LogP contribution in [0.4, 0.5) is 0 Å². The van der Waals surface area contributed by atoms with Crippen molar-refractivity contribution in [2.75, 3.05) is 0 Å². The molecule has 4 nitrogen and oxygen atoms in total. The van der Waals surface area contributed by atoms with Crippen molar-refractivity contribution in [3.8, 4) is 67.5 Å². The Labute approximate surface area is 347 Å². The van der Waals surface area contributed by atoms with Gasteiger partial charge >= 0.3 is 0 Å². The number of allylic oxidation sites excluding steroid dienone is 6. The van der Waals surface area contributed by atoms with Crippen LogP contribution >= 0.6 is 0 Å². The molecule has 0 atom stereocenters. The molecule has 1 heterocycles. The molecule has 2 aliphatic carbocycles. The van der Waals surface area contributed by atoms with Crippen LogP contribution in [0.5, 0.6) is 23.0 Å². The predicted molar refractivity (Wildman–Crippen MR) is 244 cm³/mol. The summed E-state index contributed by atoms with van der Waals surface area (Å²) in [4.78, 5) is 0. The second-order valence-corrected chi connectivity index (χ2v) is 15.9. The molecule has 0 fully saturated rings. The van der Waals surface area contributed by atoms with Crippen LogP contribution in [0.2, 0.25) is 0 Å². The number of nitrogens with two attached hydrogens (primary N) is 1. The molecule has 7 aromatic carbocycles. The van der Waals surface area contributed by atoms with Gasteiger partial charge in [-0.3, -0.25) is 5.41 Å². The molecule has 1 aliphatic heterocycles. The van der Waals surface area contributed by atoms with E-state index in [0.717, 1.165) is 69.2 Å². The van der Waals surface area contributed by atoms with Crippen molar-refractivity contribution in [3.63, 3.8) is 0 Å². The Morgan fingerprint density at radius 2 is 1.31 bits per heavy atom. The zero-order valence-electron chi connectivity index (χ0n) is 33.6. The number of amidine groups is 1. The summed E-state index contributed by atoms with van der Waals surface area (Å²) in [5.41, 5.74) is 21.9. The summed E-state index contributed by atoms with van der Waals surface area (Å²) in [6.07, 6.45) is 12.8. The number of nitrogens with one attached hydrogen (secondary N) is 1. The smallest absolute Gasteiger partial charge is 0.178 e. The van der Waals surface area contributed by atoms with Gasteiger partial charge in [0.25, 0.3) is 0 Å². The molecule has 59 heavy (non-hydrogen) atoms. The normalized spacial score (nSPS) is 13.8. The fourth-order valence-corrected chi connectivity index (χ4v) is 8.57. The quantitative estimate of drug-likeness (QED) is 0.131. The molecular formula is C55H46N2O2. The average molecular weight is 767 g/mol. The largest absolute Gasteiger partial charge is 0.449 e. The van der Waals surface area contributed by atoms with Crippen LogP contribution in [0.1, 0.15) is 48.1 Å². The first-order valence-corrected chi connectivity index (χ1v) is 20.2. The molecule has 0 aromatic heterocycles. The van der Waals surface area contributed by atoms with Gasteiger partial charge in [-0.2, -0.15) is 0 Å². The number of benzene rings is 7. The fraction of sp³-hybridized carbons (Fsp3) is 0.109. The summed E-state index contributed by atoms with van der Waals surface area (Å²) in [6, 6.07) is 52.4. The number of ether oxygens (including phenoxy) is 2. The van der Waals surface area contributed by atoms with Gasteiger partial charge in [-0.1, -0.05) is 178 Å². The molecule has 0 saturated heterocycles. The molecule has 0 spiro atoms. The lowest BCUT2D eigenvalue weighted by atomic mass is 9.82. The van der Waals surface area contributed by atoms with Gasteiger partial charge in [-0.15, -0.1) is 0 Å². The lowest BCUT2D eigenvalue weighted by Gasteiger charge is -2.26. The van der Waals surface area contributed by atoms with Crippen LogP contribution in [-0.2, 0) is 11.8 Å². The maximum atomic E-state index is 7.66. The molecule has 7 aromatic rings. The van der Waals surface area contributed by atoms with E-state index in [4.69, 9.17) is 20.6 Å². The van der Waals surface area contributed by atoms with Crippen molar-refractivity contribution in [3.05, 3.63) is 215 Å². The minimum absolute atomic E-state index is 0.0787. The molecule has 3 N–H and O–H groups in total. The third-order valence-corrected chi connectivity index (χ3v) is 11.6. The molecule has 0 bridgehead atoms. The molecule has 0 radical (unpaired) electrons. The van der Waals surface area contributed by atoms with Crippen molar-refractivity contribution in [1.29, 1.82) is 5.41 Å². The molecular weight excluding hydrogens is 721 g/mol. The minimum Gasteiger partial charge on any atom is -0.449 e. The van der Waals surface area contributed by atoms with E-state index in [0.29, 0.717) is 0 Å². The zero-order valence-corrected chi connectivity index (χ0v) is 33.6. The lowest BCUT2D eigenvalue weighted by Crippen LogP contribution is -2.15. The van der Waals surface area contributed by atoms with Gasteiger partial charge in [0, 0.05) is 22.1 Å². The summed E-state index contributed by atoms with van der Waals surface area (Å²) in [7, 11) is 0. The molecule has 0 amide bonds. The summed E-state index contributed by atoms with van der Waals surface area (Å²) in [5, 5.41) is 7.66. The van der Waals surface area contributed by atoms with E-state index < -0.39 is 0 Å². The fourth-order valence-electron chi connectivity index (χ4n) is 8.57. The average Bonchev–Trinajstić information content (AvgIpc) is 3.38. The van der Waals surface area contributed by atoms with E-state index in [1.54, 1.807) is 0 Å². The maximum absolute atomic E-state index is 7.66. The van der Waals surface area contributed by atoms with Crippen LogP contribution in [-0.4, -0.2) is 5.84 Å². The highest BCUT2D eigenvalue weighted by atomic mass is 16.6. The number of fused-ring (bicyclic) bond motifs is 6. The van der Waals surface area contributed by atoms with Crippen molar-refractivity contribution < 1.29 is 9.47 Å². The SMILES string of the molecule is CC1(C)c2ccccc2-c2c1ccc1c2Oc2cccc(-c3cccc(CC4=CC=CCC=C4)c3)c2O1.Cc1ccc(C(=N)N)cc1-c1ccccc1-c1ccccc1. The number of rotatable bonds is 6. The van der Waals surface area contributed by atoms with E-state index in [1.165, 1.54) is 44.5 Å². The second kappa shape index (κ2) is 15.6. The van der Waals surface area contributed by atoms with E-state index in [-0.39, 0.29) is 11.3 Å². The molecule has 0 saturated carbocycles. The van der Waals surface area contributed by atoms with Gasteiger partial charge in [-0.05, 0) is 99.2 Å². The van der Waals surface area contributed by atoms with Gasteiger partial charge < -0.3 is 15.2 Å². The van der Waals surface area contributed by atoms with Crippen LogP contribution < -0.4 is 15.2 Å². The summed E-state index contributed by atoms with van der Waals surface area (Å²) in [5.74, 6) is 3.20. The predicted octanol–water partition coefficient (Wildman–Crippen LogP) is 14.2. The van der Waals surface area contributed by atoms with Crippen LogP contribution in [0, 0.1) is 12.3 Å². The number of nitrogen functional groups attached to an aromatic ring is 1. The Morgan fingerprint density at radius 3 is 2.14 bits per heavy atom. The Bertz CT molecular complexity index is 2840. The number of hydrogen-bond acceptors (Lipinski definition) is 3. The lowest BCUT2D eigenvalue weighted by molar-refractivity contribution is 0.361. The summed E-state index contributed by atoms with van der Waals surface area (Å²) >= 11 is 0. The van der Waals surface area contributed by atoms with Gasteiger partial charge in [0.1, 0.15) is 5.84 Å². The first-order chi connectivity index (χ1) is 28.8. The number of aryl methyl sites for hydroxylation is 1. The van der Waals surface area contributed by atoms with E-state index >= 15 is 0 Å². The number of para-hydroxylation sites is 1. The summed E-state index contributed by atoms with van der Waals surface area (Å²) in [6.45, 7) is 6.65. The van der Waals surface area contributed by atoms with Gasteiger partial charge in [0.05, 0.1) is 0 Å². The van der Waals surface area contributed by atoms with Crippen molar-refractivity contribution >= 4 is 5.84 Å². The number of hydrogen-bond donors (Lipinski definition) is 2. The van der Waals surface area contributed by atoms with Crippen LogP contribution in [0.25, 0.3) is 44.5 Å². The van der Waals surface area contributed by atoms with Gasteiger partial charge in [0.2, 0.25) is 0 Å². The highest BCUT2D eigenvalue weighted by molar-refractivity contribution is 5.97. The topological polar surface area (TPSA) is 68.3 Å². The third kappa shape index (κ3) is 7.19. The third-order valence-electron chi connectivity index (χ3n) is 11.6. The second-order valence-electron chi connectivity index (χ2n) is 15.9. The summed E-state index contributed by atoms with van der Waals surface area (Å²) < 4.78 is 13.3. The molecule has 0 unspecified atom stereocenters. The Balaban J connectivity index is 0.000000174. The maximum Gasteiger partial charge on any atom is 0.178 e. The Kier molecular flexibility index (Phi) is 9.92. The monoisotopic (exact) mass is 766 g/mol.